The molecule has 1 nitrogen and oxygen atoms in total. The van der Waals surface area contributed by atoms with E-state index in [1.807, 2.05) is 24.3 Å². The van der Waals surface area contributed by atoms with Gasteiger partial charge in [-0.3, -0.25) is 0 Å². The van der Waals surface area contributed by atoms with Gasteiger partial charge in [0.1, 0.15) is 0 Å². The maximum atomic E-state index is 12.2. The molecule has 0 saturated heterocycles. The molecule has 0 aliphatic carbocycles. The van der Waals surface area contributed by atoms with Crippen LogP contribution in [-0.2, 0) is 6.42 Å². The molecule has 0 spiro atoms. The van der Waals surface area contributed by atoms with E-state index < -0.39 is 0 Å². The monoisotopic (exact) mass is 243 g/mol. The Bertz CT molecular complexity index is 292. The quantitative estimate of drug-likeness (QED) is 0.869. The zero-order valence-corrected chi connectivity index (χ0v) is 8.72. The van der Waals surface area contributed by atoms with E-state index in [9.17, 15) is 4.39 Å². The lowest BCUT2D eigenvalue weighted by Gasteiger charge is -2.02. The predicted octanol–water partition coefficient (Wildman–Crippen LogP) is 2.80. The van der Waals surface area contributed by atoms with Gasteiger partial charge in [-0.15, -0.1) is 0 Å². The third-order valence-electron chi connectivity index (χ3n) is 1.76. The Kier molecular flexibility index (Phi) is 4.12. The fourth-order valence-electron chi connectivity index (χ4n) is 1.02. The summed E-state index contributed by atoms with van der Waals surface area (Å²) >= 11 is 3.33. The van der Waals surface area contributed by atoms with Crippen molar-refractivity contribution >= 4 is 15.9 Å². The van der Waals surface area contributed by atoms with Crippen LogP contribution in [0.25, 0.3) is 0 Å². The molecule has 0 bridgehead atoms. The molecule has 70 valence electrons. The molecule has 1 rings (SSSR count). The summed E-state index contributed by atoms with van der Waals surface area (Å²) in [5, 5.41) is 0. The van der Waals surface area contributed by atoms with Crippen molar-refractivity contribution in [2.45, 2.75) is 6.42 Å². The van der Waals surface area contributed by atoms with E-state index in [1.165, 1.54) is 0 Å². The highest BCUT2D eigenvalue weighted by Gasteiger charge is 1.97. The summed E-state index contributed by atoms with van der Waals surface area (Å²) in [5.74, 6) is 0. The van der Waals surface area contributed by atoms with Crippen molar-refractivity contribution in [3.05, 3.63) is 46.2 Å². The van der Waals surface area contributed by atoms with Crippen LogP contribution in [-0.4, -0.2) is 6.54 Å². The maximum Gasteiger partial charge on any atom is 0.0875 e. The fourth-order valence-corrected chi connectivity index (χ4v) is 1.28. The number of halogens is 2. The highest BCUT2D eigenvalue weighted by Crippen LogP contribution is 2.13. The predicted molar refractivity (Wildman–Crippen MR) is 56.1 cm³/mol. The van der Waals surface area contributed by atoms with Crippen molar-refractivity contribution in [2.75, 3.05) is 6.54 Å². The topological polar surface area (TPSA) is 26.0 Å². The van der Waals surface area contributed by atoms with Crippen LogP contribution in [0.2, 0.25) is 0 Å². The Morgan fingerprint density at radius 2 is 2.00 bits per heavy atom. The van der Waals surface area contributed by atoms with Gasteiger partial charge < -0.3 is 5.73 Å². The van der Waals surface area contributed by atoms with Crippen molar-refractivity contribution < 1.29 is 4.39 Å². The summed E-state index contributed by atoms with van der Waals surface area (Å²) in [7, 11) is 0. The first-order valence-electron chi connectivity index (χ1n) is 3.99. The smallest absolute Gasteiger partial charge is 0.0875 e. The Labute approximate surface area is 85.6 Å². The van der Waals surface area contributed by atoms with Gasteiger partial charge in [0.25, 0.3) is 0 Å². The minimum atomic E-state index is 0.270. The second-order valence-corrected chi connectivity index (χ2v) is 3.69. The molecule has 0 saturated carbocycles. The zero-order valence-electron chi connectivity index (χ0n) is 7.13. The molecule has 0 amide bonds. The van der Waals surface area contributed by atoms with Gasteiger partial charge in [-0.05, 0) is 29.7 Å². The van der Waals surface area contributed by atoms with Gasteiger partial charge >= 0.3 is 0 Å². The Balaban J connectivity index is 2.69. The number of nitrogens with two attached hydrogens (primary N) is 1. The Morgan fingerprint density at radius 1 is 1.38 bits per heavy atom. The average molecular weight is 244 g/mol. The van der Waals surface area contributed by atoms with Gasteiger partial charge in [0, 0.05) is 11.0 Å². The van der Waals surface area contributed by atoms with Crippen molar-refractivity contribution in [1.29, 1.82) is 0 Å². The molecule has 0 aliphatic heterocycles. The van der Waals surface area contributed by atoms with Gasteiger partial charge in [0.15, 0.2) is 0 Å². The van der Waals surface area contributed by atoms with Crippen LogP contribution >= 0.6 is 15.9 Å². The molecule has 0 heterocycles. The van der Waals surface area contributed by atoms with E-state index in [1.54, 1.807) is 0 Å². The molecule has 3 heteroatoms. The third-order valence-corrected chi connectivity index (χ3v) is 2.29. The molecule has 0 fully saturated rings. The summed E-state index contributed by atoms with van der Waals surface area (Å²) in [6.07, 6.45) is 1.17. The van der Waals surface area contributed by atoms with Crippen LogP contribution in [0, 0.1) is 0 Å². The lowest BCUT2D eigenvalue weighted by Crippen LogP contribution is -2.05. The van der Waals surface area contributed by atoms with Crippen LogP contribution in [0.15, 0.2) is 40.6 Å². The largest absolute Gasteiger partial charge is 0.327 e. The van der Waals surface area contributed by atoms with Crippen molar-refractivity contribution in [3.63, 3.8) is 0 Å². The molecule has 1 aromatic rings. The second kappa shape index (κ2) is 5.14. The molecule has 0 unspecified atom stereocenters. The second-order valence-electron chi connectivity index (χ2n) is 2.77. The molecule has 13 heavy (non-hydrogen) atoms. The first kappa shape index (κ1) is 10.4. The summed E-state index contributed by atoms with van der Waals surface area (Å²) in [6.45, 7) is 0.270. The number of benzene rings is 1. The van der Waals surface area contributed by atoms with Gasteiger partial charge in [-0.2, -0.15) is 0 Å². The lowest BCUT2D eigenvalue weighted by molar-refractivity contribution is 0.699. The van der Waals surface area contributed by atoms with E-state index in [0.29, 0.717) is 18.3 Å². The number of hydrogen-bond donors (Lipinski definition) is 1. The molecule has 0 aliphatic rings. The van der Waals surface area contributed by atoms with Crippen LogP contribution in [0.5, 0.6) is 0 Å². The summed E-state index contributed by atoms with van der Waals surface area (Å²) in [5.41, 5.74) is 7.02. The standard InChI is InChI=1S/C10H11BrFN/c11-10-3-1-8(2-4-10)5-9(6-12)7-13/h1-4,6H,5,7,13H2. The van der Waals surface area contributed by atoms with Crippen LogP contribution in [0.4, 0.5) is 4.39 Å². The Morgan fingerprint density at radius 3 is 2.46 bits per heavy atom. The minimum Gasteiger partial charge on any atom is -0.327 e. The van der Waals surface area contributed by atoms with Gasteiger partial charge in [0.2, 0.25) is 0 Å². The maximum absolute atomic E-state index is 12.2. The minimum absolute atomic E-state index is 0.270. The number of rotatable bonds is 3. The first-order valence-corrected chi connectivity index (χ1v) is 4.78. The highest BCUT2D eigenvalue weighted by atomic mass is 79.9. The Hall–Kier alpha value is -0.670. The SMILES string of the molecule is NCC(=CF)Cc1ccc(Br)cc1. The van der Waals surface area contributed by atoms with E-state index in [0.717, 1.165) is 10.0 Å². The molecule has 0 aromatic heterocycles. The lowest BCUT2D eigenvalue weighted by atomic mass is 10.1. The summed E-state index contributed by atoms with van der Waals surface area (Å²) < 4.78 is 13.2. The average Bonchev–Trinajstić information content (AvgIpc) is 2.17. The van der Waals surface area contributed by atoms with Gasteiger partial charge in [-0.1, -0.05) is 28.1 Å². The number of hydrogen-bond acceptors (Lipinski definition) is 1. The molecule has 2 N–H and O–H groups in total. The van der Waals surface area contributed by atoms with Crippen LogP contribution in [0.1, 0.15) is 5.56 Å². The van der Waals surface area contributed by atoms with Crippen molar-refractivity contribution in [1.82, 2.24) is 0 Å². The van der Waals surface area contributed by atoms with Crippen LogP contribution < -0.4 is 5.73 Å². The van der Waals surface area contributed by atoms with Gasteiger partial charge in [0.05, 0.1) is 6.33 Å². The van der Waals surface area contributed by atoms with Crippen LogP contribution in [0.3, 0.4) is 0 Å². The summed E-state index contributed by atoms with van der Waals surface area (Å²) in [4.78, 5) is 0. The molecular formula is C10H11BrFN. The van der Waals surface area contributed by atoms with Crippen molar-refractivity contribution in [2.24, 2.45) is 5.73 Å². The third kappa shape index (κ3) is 3.28. The molecule has 0 radical (unpaired) electrons. The van der Waals surface area contributed by atoms with E-state index in [-0.39, 0.29) is 6.54 Å². The van der Waals surface area contributed by atoms with Gasteiger partial charge in [-0.25, -0.2) is 4.39 Å². The highest BCUT2D eigenvalue weighted by molar-refractivity contribution is 9.10. The fraction of sp³-hybridized carbons (Fsp3) is 0.200. The molecule has 0 atom stereocenters. The molecular weight excluding hydrogens is 233 g/mol. The normalized spacial score (nSPS) is 11.8. The van der Waals surface area contributed by atoms with Crippen molar-refractivity contribution in [3.8, 4) is 0 Å². The van der Waals surface area contributed by atoms with E-state index >= 15 is 0 Å². The molecule has 1 aromatic carbocycles. The van der Waals surface area contributed by atoms with E-state index in [2.05, 4.69) is 15.9 Å². The summed E-state index contributed by atoms with van der Waals surface area (Å²) in [6, 6.07) is 7.76. The first-order chi connectivity index (χ1) is 6.26. The zero-order chi connectivity index (χ0) is 9.68. The van der Waals surface area contributed by atoms with E-state index in [4.69, 9.17) is 5.73 Å².